The minimum Gasteiger partial charge on any atom is -0.356 e. The summed E-state index contributed by atoms with van der Waals surface area (Å²) in [6.45, 7) is 13.3. The molecule has 21 heavy (non-hydrogen) atoms. The Balaban J connectivity index is 2.03. The lowest BCUT2D eigenvalue weighted by Gasteiger charge is -2.25. The van der Waals surface area contributed by atoms with E-state index in [1.54, 1.807) is 0 Å². The summed E-state index contributed by atoms with van der Waals surface area (Å²) in [5.41, 5.74) is 2.59. The highest BCUT2D eigenvalue weighted by Gasteiger charge is 2.24. The molecule has 3 nitrogen and oxygen atoms in total. The maximum absolute atomic E-state index is 4.75. The number of pyridine rings is 1. The average Bonchev–Trinajstić information content (AvgIpc) is 2.60. The molecular formula is C17H29N3S. The highest BCUT2D eigenvalue weighted by Crippen LogP contribution is 2.32. The molecule has 0 aromatic carbocycles. The van der Waals surface area contributed by atoms with Gasteiger partial charge in [-0.25, -0.2) is 4.98 Å². The number of hydrogen-bond acceptors (Lipinski definition) is 4. The molecule has 0 amide bonds. The molecule has 1 fully saturated rings. The van der Waals surface area contributed by atoms with Crippen LogP contribution < -0.4 is 10.2 Å². The summed E-state index contributed by atoms with van der Waals surface area (Å²) in [4.78, 5) is 7.21. The first-order valence-corrected chi connectivity index (χ1v) is 9.05. The predicted octanol–water partition coefficient (Wildman–Crippen LogP) is 3.61. The third-order valence-electron chi connectivity index (χ3n) is 4.00. The summed E-state index contributed by atoms with van der Waals surface area (Å²) in [6.07, 6.45) is 4.43. The van der Waals surface area contributed by atoms with E-state index in [-0.39, 0.29) is 0 Å². The second-order valence-corrected chi connectivity index (χ2v) is 8.31. The fourth-order valence-corrected chi connectivity index (χ4v) is 3.80. The maximum Gasteiger partial charge on any atom is 0.131 e. The number of hydrogen-bond donors (Lipinski definition) is 1. The van der Waals surface area contributed by atoms with Crippen molar-refractivity contribution >= 4 is 17.6 Å². The van der Waals surface area contributed by atoms with Crippen molar-refractivity contribution in [2.75, 3.05) is 30.3 Å². The van der Waals surface area contributed by atoms with Crippen molar-refractivity contribution in [3.8, 4) is 0 Å². The monoisotopic (exact) mass is 307 g/mol. The topological polar surface area (TPSA) is 28.2 Å². The van der Waals surface area contributed by atoms with E-state index in [1.165, 1.54) is 35.5 Å². The number of anilines is 1. The van der Waals surface area contributed by atoms with Crippen LogP contribution >= 0.6 is 11.8 Å². The number of nitrogens with zero attached hydrogens (tertiary/aromatic N) is 2. The van der Waals surface area contributed by atoms with E-state index in [0.717, 1.165) is 26.2 Å². The summed E-state index contributed by atoms with van der Waals surface area (Å²) in [5, 5.41) is 3.44. The first-order chi connectivity index (χ1) is 10.0. The summed E-state index contributed by atoms with van der Waals surface area (Å²) in [5.74, 6) is 2.36. The predicted molar refractivity (Wildman–Crippen MR) is 94.3 cm³/mol. The van der Waals surface area contributed by atoms with Crippen LogP contribution in [0.3, 0.4) is 0 Å². The van der Waals surface area contributed by atoms with Crippen LogP contribution in [0.5, 0.6) is 0 Å². The van der Waals surface area contributed by atoms with Gasteiger partial charge in [0.1, 0.15) is 5.82 Å². The summed E-state index contributed by atoms with van der Waals surface area (Å²) in [7, 11) is 0. The van der Waals surface area contributed by atoms with Crippen LogP contribution in [0.2, 0.25) is 0 Å². The number of nitrogens with one attached hydrogen (secondary N) is 1. The molecule has 2 rings (SSSR count). The largest absolute Gasteiger partial charge is 0.356 e. The Morgan fingerprint density at radius 1 is 1.38 bits per heavy atom. The molecule has 0 spiro atoms. The van der Waals surface area contributed by atoms with Gasteiger partial charge >= 0.3 is 0 Å². The Labute approximate surface area is 133 Å². The number of aryl methyl sites for hydroxylation is 1. The third kappa shape index (κ3) is 4.89. The summed E-state index contributed by atoms with van der Waals surface area (Å²) >= 11 is 2.08. The molecule has 0 saturated carbocycles. The van der Waals surface area contributed by atoms with Crippen molar-refractivity contribution in [3.63, 3.8) is 0 Å². The zero-order valence-corrected chi connectivity index (χ0v) is 14.7. The molecule has 0 unspecified atom stereocenters. The summed E-state index contributed by atoms with van der Waals surface area (Å²) < 4.78 is 0.396. The van der Waals surface area contributed by atoms with E-state index in [0.29, 0.717) is 4.75 Å². The van der Waals surface area contributed by atoms with E-state index >= 15 is 0 Å². The van der Waals surface area contributed by atoms with Crippen molar-refractivity contribution in [2.24, 2.45) is 0 Å². The molecule has 1 saturated heterocycles. The number of thioether (sulfide) groups is 1. The molecule has 4 heteroatoms. The molecule has 1 N–H and O–H groups in total. The highest BCUT2D eigenvalue weighted by atomic mass is 32.2. The zero-order chi connectivity index (χ0) is 15.3. The van der Waals surface area contributed by atoms with Crippen molar-refractivity contribution in [2.45, 2.75) is 51.8 Å². The maximum atomic E-state index is 4.75. The zero-order valence-electron chi connectivity index (χ0n) is 13.9. The Kier molecular flexibility index (Phi) is 5.94. The molecule has 1 aromatic rings. The molecule has 1 aromatic heterocycles. The lowest BCUT2D eigenvalue weighted by Crippen LogP contribution is -2.28. The molecule has 1 aliphatic heterocycles. The lowest BCUT2D eigenvalue weighted by atomic mass is 10.1. The van der Waals surface area contributed by atoms with Gasteiger partial charge in [0.25, 0.3) is 0 Å². The van der Waals surface area contributed by atoms with E-state index in [9.17, 15) is 0 Å². The molecule has 1 aliphatic rings. The lowest BCUT2D eigenvalue weighted by molar-refractivity contribution is 0.633. The highest BCUT2D eigenvalue weighted by molar-refractivity contribution is 8.00. The van der Waals surface area contributed by atoms with Crippen LogP contribution in [-0.4, -0.2) is 35.1 Å². The van der Waals surface area contributed by atoms with Gasteiger partial charge in [0.2, 0.25) is 0 Å². The minimum absolute atomic E-state index is 0.396. The van der Waals surface area contributed by atoms with Gasteiger partial charge in [-0.2, -0.15) is 11.8 Å². The standard InChI is InChI=1S/C17H29N3S/c1-5-7-18-12-15-11-14(2)16(19-13-15)20-8-6-17(3,4)21-10-9-20/h11,13,18H,5-10,12H2,1-4H3. The van der Waals surface area contributed by atoms with Gasteiger partial charge in [-0.3, -0.25) is 0 Å². The van der Waals surface area contributed by atoms with Gasteiger partial charge in [-0.15, -0.1) is 0 Å². The van der Waals surface area contributed by atoms with Crippen LogP contribution in [-0.2, 0) is 6.54 Å². The van der Waals surface area contributed by atoms with Crippen LogP contribution in [0.25, 0.3) is 0 Å². The quantitative estimate of drug-likeness (QED) is 0.841. The molecule has 0 radical (unpaired) electrons. The van der Waals surface area contributed by atoms with E-state index in [4.69, 9.17) is 4.98 Å². The van der Waals surface area contributed by atoms with E-state index in [1.807, 2.05) is 6.20 Å². The van der Waals surface area contributed by atoms with Gasteiger partial charge in [0.05, 0.1) is 0 Å². The van der Waals surface area contributed by atoms with Gasteiger partial charge in [0.15, 0.2) is 0 Å². The van der Waals surface area contributed by atoms with Crippen molar-refractivity contribution in [1.82, 2.24) is 10.3 Å². The van der Waals surface area contributed by atoms with Crippen molar-refractivity contribution in [1.29, 1.82) is 0 Å². The van der Waals surface area contributed by atoms with Crippen molar-refractivity contribution < 1.29 is 0 Å². The smallest absolute Gasteiger partial charge is 0.131 e. The van der Waals surface area contributed by atoms with E-state index in [2.05, 4.69) is 55.7 Å². The molecule has 0 atom stereocenters. The fraction of sp³-hybridized carbons (Fsp3) is 0.706. The van der Waals surface area contributed by atoms with Crippen LogP contribution in [0.15, 0.2) is 12.3 Å². The van der Waals surface area contributed by atoms with Gasteiger partial charge < -0.3 is 10.2 Å². The summed E-state index contributed by atoms with van der Waals surface area (Å²) in [6, 6.07) is 2.29. The molecule has 2 heterocycles. The van der Waals surface area contributed by atoms with Crippen LogP contribution in [0.4, 0.5) is 5.82 Å². The Bertz CT molecular complexity index is 459. The average molecular weight is 308 g/mol. The fourth-order valence-electron chi connectivity index (χ4n) is 2.70. The number of aromatic nitrogens is 1. The van der Waals surface area contributed by atoms with Crippen LogP contribution in [0.1, 0.15) is 44.7 Å². The van der Waals surface area contributed by atoms with Crippen LogP contribution in [0, 0.1) is 6.92 Å². The SMILES string of the molecule is CCCNCc1cnc(N2CCSC(C)(C)CC2)c(C)c1. The number of rotatable bonds is 5. The molecule has 0 aliphatic carbocycles. The minimum atomic E-state index is 0.396. The Morgan fingerprint density at radius 3 is 2.90 bits per heavy atom. The van der Waals surface area contributed by atoms with Gasteiger partial charge in [0, 0.05) is 36.3 Å². The molecular weight excluding hydrogens is 278 g/mol. The van der Waals surface area contributed by atoms with Crippen molar-refractivity contribution in [3.05, 3.63) is 23.4 Å². The first kappa shape index (κ1) is 16.6. The van der Waals surface area contributed by atoms with Gasteiger partial charge in [-0.1, -0.05) is 20.8 Å². The van der Waals surface area contributed by atoms with E-state index < -0.39 is 0 Å². The Hall–Kier alpha value is -0.740. The third-order valence-corrected chi connectivity index (χ3v) is 5.37. The molecule has 0 bridgehead atoms. The first-order valence-electron chi connectivity index (χ1n) is 8.07. The van der Waals surface area contributed by atoms with Gasteiger partial charge in [-0.05, 0) is 43.5 Å². The Morgan fingerprint density at radius 2 is 2.19 bits per heavy atom. The molecule has 118 valence electrons. The normalized spacial score (nSPS) is 18.6. The second-order valence-electron chi connectivity index (χ2n) is 6.51. The second kappa shape index (κ2) is 7.50.